The maximum Gasteiger partial charge on any atom is 0.412 e. The Bertz CT molecular complexity index is 622. The second-order valence-corrected chi connectivity index (χ2v) is 7.04. The molecule has 1 aliphatic heterocycles. The topological polar surface area (TPSA) is 76.7 Å². The van der Waals surface area contributed by atoms with Crippen LogP contribution in [0.1, 0.15) is 46.5 Å². The molecule has 0 aromatic heterocycles. The van der Waals surface area contributed by atoms with Crippen LogP contribution in [0.4, 0.5) is 20.6 Å². The first-order chi connectivity index (χ1) is 11.7. The van der Waals surface area contributed by atoms with Crippen molar-refractivity contribution in [2.75, 3.05) is 17.2 Å². The Kier molecular flexibility index (Phi) is 6.36. The van der Waals surface area contributed by atoms with E-state index in [0.29, 0.717) is 18.5 Å². The average Bonchev–Trinajstić information content (AvgIpc) is 3.00. The van der Waals surface area contributed by atoms with Gasteiger partial charge in [-0.2, -0.15) is 0 Å². The molecule has 1 aliphatic rings. The Morgan fingerprint density at radius 3 is 2.72 bits per heavy atom. The number of rotatable bonds is 5. The Morgan fingerprint density at radius 1 is 1.32 bits per heavy atom. The molecule has 138 valence electrons. The number of hydrogen-bond acceptors (Lipinski definition) is 4. The van der Waals surface area contributed by atoms with E-state index < -0.39 is 17.5 Å². The summed E-state index contributed by atoms with van der Waals surface area (Å²) in [5.41, 5.74) is -0.328. The van der Waals surface area contributed by atoms with Crippen LogP contribution in [-0.2, 0) is 14.3 Å². The lowest BCUT2D eigenvalue weighted by atomic mass is 10.1. The number of nitrogens with one attached hydrogen (secondary N) is 2. The highest BCUT2D eigenvalue weighted by Gasteiger charge is 2.19. The van der Waals surface area contributed by atoms with Gasteiger partial charge in [0.2, 0.25) is 5.91 Å². The first-order valence-electron chi connectivity index (χ1n) is 8.44. The third kappa shape index (κ3) is 6.70. The molecule has 0 radical (unpaired) electrons. The average molecular weight is 352 g/mol. The number of carbonyl (C=O) groups excluding carboxylic acids is 2. The smallest absolute Gasteiger partial charge is 0.412 e. The quantitative estimate of drug-likeness (QED) is 0.837. The molecule has 1 aromatic carbocycles. The Balaban J connectivity index is 1.90. The number of halogens is 1. The molecule has 1 aromatic rings. The number of amides is 2. The molecule has 1 atom stereocenters. The maximum atomic E-state index is 13.9. The Labute approximate surface area is 147 Å². The summed E-state index contributed by atoms with van der Waals surface area (Å²) < 4.78 is 24.4. The van der Waals surface area contributed by atoms with Gasteiger partial charge in [-0.15, -0.1) is 0 Å². The zero-order valence-corrected chi connectivity index (χ0v) is 14.9. The molecule has 25 heavy (non-hydrogen) atoms. The van der Waals surface area contributed by atoms with E-state index in [-0.39, 0.29) is 17.7 Å². The number of benzene rings is 1. The zero-order chi connectivity index (χ0) is 18.4. The van der Waals surface area contributed by atoms with Crippen molar-refractivity contribution in [3.05, 3.63) is 24.0 Å². The van der Waals surface area contributed by atoms with Crippen molar-refractivity contribution < 1.29 is 23.5 Å². The van der Waals surface area contributed by atoms with Gasteiger partial charge in [0.15, 0.2) is 0 Å². The predicted molar refractivity (Wildman–Crippen MR) is 93.1 cm³/mol. The van der Waals surface area contributed by atoms with Gasteiger partial charge in [0.05, 0.1) is 11.8 Å². The largest absolute Gasteiger partial charge is 0.444 e. The van der Waals surface area contributed by atoms with E-state index in [4.69, 9.17) is 9.47 Å². The Morgan fingerprint density at radius 2 is 2.08 bits per heavy atom. The third-order valence-electron chi connectivity index (χ3n) is 3.60. The number of hydrogen-bond donors (Lipinski definition) is 2. The molecule has 1 heterocycles. The van der Waals surface area contributed by atoms with E-state index >= 15 is 0 Å². The highest BCUT2D eigenvalue weighted by atomic mass is 19.1. The molecular formula is C18H25FN2O4. The van der Waals surface area contributed by atoms with Crippen LogP contribution in [0.2, 0.25) is 0 Å². The van der Waals surface area contributed by atoms with Gasteiger partial charge < -0.3 is 14.8 Å². The summed E-state index contributed by atoms with van der Waals surface area (Å²) >= 11 is 0. The number of ether oxygens (including phenoxy) is 2. The minimum Gasteiger partial charge on any atom is -0.444 e. The zero-order valence-electron chi connectivity index (χ0n) is 14.9. The van der Waals surface area contributed by atoms with Crippen LogP contribution in [0.15, 0.2) is 18.2 Å². The fourth-order valence-electron chi connectivity index (χ4n) is 2.50. The van der Waals surface area contributed by atoms with E-state index in [1.807, 2.05) is 0 Å². The van der Waals surface area contributed by atoms with Crippen molar-refractivity contribution in [1.29, 1.82) is 0 Å². The lowest BCUT2D eigenvalue weighted by molar-refractivity contribution is -0.116. The van der Waals surface area contributed by atoms with Gasteiger partial charge >= 0.3 is 6.09 Å². The molecule has 6 nitrogen and oxygen atoms in total. The predicted octanol–water partition coefficient (Wildman–Crippen LogP) is 4.07. The molecule has 2 rings (SSSR count). The maximum absolute atomic E-state index is 13.9. The van der Waals surface area contributed by atoms with Crippen molar-refractivity contribution >= 4 is 23.4 Å². The number of carbonyl (C=O) groups is 2. The molecular weight excluding hydrogens is 327 g/mol. The van der Waals surface area contributed by atoms with Gasteiger partial charge in [0.1, 0.15) is 11.4 Å². The van der Waals surface area contributed by atoms with Crippen LogP contribution >= 0.6 is 0 Å². The summed E-state index contributed by atoms with van der Waals surface area (Å²) in [6, 6.07) is 3.99. The van der Waals surface area contributed by atoms with Gasteiger partial charge in [-0.25, -0.2) is 9.18 Å². The van der Waals surface area contributed by atoms with Gasteiger partial charge in [-0.05, 0) is 58.2 Å². The second kappa shape index (κ2) is 8.29. The first kappa shape index (κ1) is 19.2. The highest BCUT2D eigenvalue weighted by molar-refractivity contribution is 5.92. The van der Waals surface area contributed by atoms with Crippen LogP contribution in [0.3, 0.4) is 0 Å². The van der Waals surface area contributed by atoms with E-state index in [9.17, 15) is 14.0 Å². The van der Waals surface area contributed by atoms with Crippen LogP contribution < -0.4 is 10.6 Å². The molecule has 7 heteroatoms. The van der Waals surface area contributed by atoms with Gasteiger partial charge in [-0.1, -0.05) is 0 Å². The van der Waals surface area contributed by atoms with E-state index in [0.717, 1.165) is 19.4 Å². The SMILES string of the molecule is CC(C)(C)OC(=O)Nc1cc(NC(=O)CC[C@@H]2CCCO2)ccc1F. The van der Waals surface area contributed by atoms with Crippen molar-refractivity contribution in [2.45, 2.75) is 58.2 Å². The molecule has 0 spiro atoms. The standard InChI is InChI=1S/C18H25FN2O4/c1-18(2,3)25-17(23)21-15-11-12(6-8-14(15)19)20-16(22)9-7-13-5-4-10-24-13/h6,8,11,13H,4-5,7,9-10H2,1-3H3,(H,20,22)(H,21,23)/t13-/m0/s1. The van der Waals surface area contributed by atoms with Gasteiger partial charge in [-0.3, -0.25) is 10.1 Å². The molecule has 1 fully saturated rings. The molecule has 2 amide bonds. The Hall–Kier alpha value is -2.15. The molecule has 0 bridgehead atoms. The lowest BCUT2D eigenvalue weighted by Crippen LogP contribution is -2.27. The summed E-state index contributed by atoms with van der Waals surface area (Å²) in [5.74, 6) is -0.784. The molecule has 0 unspecified atom stereocenters. The van der Waals surface area contributed by atoms with E-state index in [2.05, 4.69) is 10.6 Å². The van der Waals surface area contributed by atoms with E-state index in [1.54, 1.807) is 20.8 Å². The summed E-state index contributed by atoms with van der Waals surface area (Å²) in [7, 11) is 0. The van der Waals surface area contributed by atoms with Crippen molar-refractivity contribution in [1.82, 2.24) is 0 Å². The lowest BCUT2D eigenvalue weighted by Gasteiger charge is -2.20. The second-order valence-electron chi connectivity index (χ2n) is 7.04. The fourth-order valence-corrected chi connectivity index (χ4v) is 2.50. The van der Waals surface area contributed by atoms with E-state index in [1.165, 1.54) is 18.2 Å². The van der Waals surface area contributed by atoms with Crippen LogP contribution in [-0.4, -0.2) is 30.3 Å². The summed E-state index contributed by atoms with van der Waals surface area (Å²) in [6.45, 7) is 5.90. The normalized spacial score (nSPS) is 17.2. The fraction of sp³-hybridized carbons (Fsp3) is 0.556. The van der Waals surface area contributed by atoms with Crippen molar-refractivity contribution in [3.63, 3.8) is 0 Å². The monoisotopic (exact) mass is 352 g/mol. The van der Waals surface area contributed by atoms with Crippen LogP contribution in [0.25, 0.3) is 0 Å². The molecule has 2 N–H and O–H groups in total. The minimum absolute atomic E-state index is 0.0498. The first-order valence-corrected chi connectivity index (χ1v) is 8.44. The van der Waals surface area contributed by atoms with Crippen molar-refractivity contribution in [3.8, 4) is 0 Å². The number of anilines is 2. The minimum atomic E-state index is -0.756. The van der Waals surface area contributed by atoms with Crippen LogP contribution in [0.5, 0.6) is 0 Å². The summed E-state index contributed by atoms with van der Waals surface area (Å²) in [5, 5.41) is 5.05. The highest BCUT2D eigenvalue weighted by Crippen LogP contribution is 2.22. The molecule has 0 saturated carbocycles. The molecule has 1 saturated heterocycles. The van der Waals surface area contributed by atoms with Crippen molar-refractivity contribution in [2.24, 2.45) is 0 Å². The summed E-state index contributed by atoms with van der Waals surface area (Å²) in [6.07, 6.45) is 2.39. The third-order valence-corrected chi connectivity index (χ3v) is 3.60. The van der Waals surface area contributed by atoms with Gasteiger partial charge in [0.25, 0.3) is 0 Å². The molecule has 0 aliphatic carbocycles. The van der Waals surface area contributed by atoms with Crippen LogP contribution in [0, 0.1) is 5.82 Å². The summed E-state index contributed by atoms with van der Waals surface area (Å²) in [4.78, 5) is 23.8. The van der Waals surface area contributed by atoms with Gasteiger partial charge in [0, 0.05) is 18.7 Å².